The molecule has 0 bridgehead atoms. The van der Waals surface area contributed by atoms with Crippen LogP contribution in [0.1, 0.15) is 78.6 Å². The highest BCUT2D eigenvalue weighted by Gasteiger charge is 2.65. The van der Waals surface area contributed by atoms with Crippen LogP contribution < -0.4 is 0 Å². The van der Waals surface area contributed by atoms with Gasteiger partial charge < -0.3 is 10.2 Å². The minimum atomic E-state index is -0.520. The van der Waals surface area contributed by atoms with E-state index in [0.29, 0.717) is 36.4 Å². The molecule has 0 radical (unpaired) electrons. The molecule has 136 valence electrons. The average Bonchev–Trinajstić information content (AvgIpc) is 2.82. The summed E-state index contributed by atoms with van der Waals surface area (Å²) in [6.45, 7) is 6.79. The first-order valence-electron chi connectivity index (χ1n) is 10.2. The van der Waals surface area contributed by atoms with Gasteiger partial charge in [0.2, 0.25) is 0 Å². The number of fused-ring (bicyclic) bond motifs is 5. The molecule has 24 heavy (non-hydrogen) atoms. The van der Waals surface area contributed by atoms with E-state index < -0.39 is 5.60 Å². The molecule has 2 N–H and O–H groups in total. The Morgan fingerprint density at radius 1 is 1.08 bits per heavy atom. The Hall–Kier alpha value is -0.410. The van der Waals surface area contributed by atoms with E-state index in [1.54, 1.807) is 0 Å². The van der Waals surface area contributed by atoms with Crippen molar-refractivity contribution in [3.63, 3.8) is 0 Å². The number of carbonyl (C=O) groups is 1. The Balaban J connectivity index is 1.68. The van der Waals surface area contributed by atoms with Crippen molar-refractivity contribution in [3.05, 3.63) is 0 Å². The summed E-state index contributed by atoms with van der Waals surface area (Å²) >= 11 is 0. The second kappa shape index (κ2) is 5.30. The van der Waals surface area contributed by atoms with Gasteiger partial charge in [0.25, 0.3) is 0 Å². The average molecular weight is 335 g/mol. The molecule has 0 aromatic heterocycles. The number of aliphatic hydroxyl groups is 2. The highest BCUT2D eigenvalue weighted by Crippen LogP contribution is 2.68. The largest absolute Gasteiger partial charge is 0.393 e. The molecule has 4 fully saturated rings. The molecule has 8 atom stereocenters. The maximum absolute atomic E-state index is 12.0. The van der Waals surface area contributed by atoms with Crippen LogP contribution in [0.2, 0.25) is 0 Å². The maximum Gasteiger partial charge on any atom is 0.133 e. The lowest BCUT2D eigenvalue weighted by molar-refractivity contribution is -0.181. The van der Waals surface area contributed by atoms with E-state index in [2.05, 4.69) is 20.8 Å². The first-order chi connectivity index (χ1) is 11.2. The molecule has 4 rings (SSSR count). The van der Waals surface area contributed by atoms with Crippen LogP contribution in [0.15, 0.2) is 0 Å². The topological polar surface area (TPSA) is 57.5 Å². The molecule has 3 nitrogen and oxygen atoms in total. The second-order valence-electron chi connectivity index (χ2n) is 9.91. The van der Waals surface area contributed by atoms with Gasteiger partial charge >= 0.3 is 0 Å². The van der Waals surface area contributed by atoms with E-state index in [1.807, 2.05) is 0 Å². The molecular weight excluding hydrogens is 300 g/mol. The van der Waals surface area contributed by atoms with E-state index in [1.165, 1.54) is 0 Å². The summed E-state index contributed by atoms with van der Waals surface area (Å²) in [5.74, 6) is 2.18. The number of hydrogen-bond acceptors (Lipinski definition) is 3. The second-order valence-corrected chi connectivity index (χ2v) is 9.91. The highest BCUT2D eigenvalue weighted by atomic mass is 16.3. The van der Waals surface area contributed by atoms with Gasteiger partial charge in [-0.25, -0.2) is 0 Å². The van der Waals surface area contributed by atoms with Crippen molar-refractivity contribution in [1.82, 2.24) is 0 Å². The fourth-order valence-corrected chi connectivity index (χ4v) is 7.78. The lowest BCUT2D eigenvalue weighted by Gasteiger charge is -2.62. The van der Waals surface area contributed by atoms with Gasteiger partial charge in [0, 0.05) is 12.8 Å². The summed E-state index contributed by atoms with van der Waals surface area (Å²) in [7, 11) is 0. The van der Waals surface area contributed by atoms with E-state index in [0.717, 1.165) is 44.9 Å². The zero-order chi connectivity index (χ0) is 17.3. The summed E-state index contributed by atoms with van der Waals surface area (Å²) in [4.78, 5) is 12.0. The molecule has 0 spiro atoms. The van der Waals surface area contributed by atoms with Gasteiger partial charge in [-0.2, -0.15) is 0 Å². The molecule has 0 aromatic rings. The lowest BCUT2D eigenvalue weighted by atomic mass is 9.44. The molecule has 0 heterocycles. The normalized spacial score (nSPS) is 57.2. The summed E-state index contributed by atoms with van der Waals surface area (Å²) in [5, 5.41) is 22.1. The Kier molecular flexibility index (Phi) is 3.76. The number of Topliss-reactive ketones (excluding diaryl/α,β-unsaturated/α-hetero) is 1. The molecule has 0 amide bonds. The highest BCUT2D eigenvalue weighted by molar-refractivity contribution is 5.79. The van der Waals surface area contributed by atoms with Crippen LogP contribution in [0.3, 0.4) is 0 Å². The van der Waals surface area contributed by atoms with Crippen LogP contribution in [0, 0.1) is 34.5 Å². The van der Waals surface area contributed by atoms with Crippen molar-refractivity contribution in [2.24, 2.45) is 34.5 Å². The summed E-state index contributed by atoms with van der Waals surface area (Å²) in [5.41, 5.74) is -0.394. The number of ketones is 1. The van der Waals surface area contributed by atoms with Gasteiger partial charge in [0.05, 0.1) is 11.7 Å². The van der Waals surface area contributed by atoms with E-state index in [9.17, 15) is 15.0 Å². The summed E-state index contributed by atoms with van der Waals surface area (Å²) < 4.78 is 0. The zero-order valence-electron chi connectivity index (χ0n) is 15.6. The van der Waals surface area contributed by atoms with Crippen molar-refractivity contribution in [2.45, 2.75) is 90.3 Å². The predicted molar refractivity (Wildman–Crippen MR) is 93.4 cm³/mol. The van der Waals surface area contributed by atoms with Crippen molar-refractivity contribution in [3.8, 4) is 0 Å². The van der Waals surface area contributed by atoms with Crippen LogP contribution in [-0.4, -0.2) is 27.7 Å². The van der Waals surface area contributed by atoms with Gasteiger partial charge in [-0.3, -0.25) is 4.79 Å². The smallest absolute Gasteiger partial charge is 0.133 e. The molecule has 0 aromatic carbocycles. The van der Waals surface area contributed by atoms with Gasteiger partial charge in [-0.1, -0.05) is 20.8 Å². The third kappa shape index (κ3) is 2.00. The quantitative estimate of drug-likeness (QED) is 0.768. The van der Waals surface area contributed by atoms with E-state index >= 15 is 0 Å². The van der Waals surface area contributed by atoms with Crippen LogP contribution >= 0.6 is 0 Å². The van der Waals surface area contributed by atoms with Crippen LogP contribution in [0.25, 0.3) is 0 Å². The molecule has 4 saturated carbocycles. The van der Waals surface area contributed by atoms with Gasteiger partial charge in [0.1, 0.15) is 5.78 Å². The monoisotopic (exact) mass is 334 g/mol. The number of carbonyl (C=O) groups excluding carboxylic acids is 1. The predicted octanol–water partition coefficient (Wildman–Crippen LogP) is 3.71. The first-order valence-corrected chi connectivity index (χ1v) is 10.2. The van der Waals surface area contributed by atoms with E-state index in [-0.39, 0.29) is 22.9 Å². The van der Waals surface area contributed by atoms with Crippen LogP contribution in [0.5, 0.6) is 0 Å². The maximum atomic E-state index is 12.0. The van der Waals surface area contributed by atoms with Crippen molar-refractivity contribution >= 4 is 5.78 Å². The lowest BCUT2D eigenvalue weighted by Crippen LogP contribution is -2.59. The van der Waals surface area contributed by atoms with Crippen molar-refractivity contribution in [1.29, 1.82) is 0 Å². The van der Waals surface area contributed by atoms with Gasteiger partial charge in [0.15, 0.2) is 0 Å². The standard InChI is InChI=1S/C21H34O3/c1-4-21(24)10-7-16-14-12-18(23)17-11-13(22)5-8-19(17,2)15(14)6-9-20(16,21)3/h14-18,23-24H,4-12H2,1-3H3/t14-,15-,16+,17?,18?,19-,20+,21?/m1/s1. The van der Waals surface area contributed by atoms with Crippen molar-refractivity contribution < 1.29 is 15.0 Å². The third-order valence-corrected chi connectivity index (χ3v) is 9.41. The first kappa shape index (κ1) is 17.0. The number of hydrogen-bond donors (Lipinski definition) is 2. The van der Waals surface area contributed by atoms with Gasteiger partial charge in [-0.15, -0.1) is 0 Å². The molecule has 0 saturated heterocycles. The molecule has 4 aliphatic carbocycles. The molecule has 0 aliphatic heterocycles. The Bertz CT molecular complexity index is 545. The fourth-order valence-electron chi connectivity index (χ4n) is 7.78. The number of aliphatic hydroxyl groups excluding tert-OH is 1. The fraction of sp³-hybridized carbons (Fsp3) is 0.952. The van der Waals surface area contributed by atoms with Crippen molar-refractivity contribution in [2.75, 3.05) is 0 Å². The molecule has 3 unspecified atom stereocenters. The third-order valence-electron chi connectivity index (χ3n) is 9.41. The Morgan fingerprint density at radius 3 is 2.50 bits per heavy atom. The SMILES string of the molecule is CCC1(O)CC[C@H]2[C@@H]3CC(O)C4CC(=O)CC[C@]4(C)[C@@H]3CC[C@@]21C. The molecule has 3 heteroatoms. The van der Waals surface area contributed by atoms with Gasteiger partial charge in [-0.05, 0) is 79.4 Å². The minimum Gasteiger partial charge on any atom is -0.393 e. The Morgan fingerprint density at radius 2 is 1.79 bits per heavy atom. The molecular formula is C21H34O3. The zero-order valence-corrected chi connectivity index (χ0v) is 15.6. The minimum absolute atomic E-state index is 0.0102. The summed E-state index contributed by atoms with van der Waals surface area (Å²) in [6.07, 6.45) is 7.88. The molecule has 4 aliphatic rings. The van der Waals surface area contributed by atoms with E-state index in [4.69, 9.17) is 0 Å². The van der Waals surface area contributed by atoms with Crippen LogP contribution in [0.4, 0.5) is 0 Å². The number of rotatable bonds is 1. The van der Waals surface area contributed by atoms with Crippen LogP contribution in [-0.2, 0) is 4.79 Å². The summed E-state index contributed by atoms with van der Waals surface area (Å²) in [6, 6.07) is 0. The Labute approximate surface area is 146 Å².